The molecular formula is C23H30N2O4S. The van der Waals surface area contributed by atoms with Crippen molar-refractivity contribution in [1.82, 2.24) is 4.31 Å². The Kier molecular flexibility index (Phi) is 7.15. The van der Waals surface area contributed by atoms with Crippen LogP contribution in [0.15, 0.2) is 41.3 Å². The van der Waals surface area contributed by atoms with Crippen molar-refractivity contribution in [3.05, 3.63) is 53.1 Å². The number of benzene rings is 2. The Labute approximate surface area is 179 Å². The monoisotopic (exact) mass is 430 g/mol. The Hall–Kier alpha value is -2.38. The van der Waals surface area contributed by atoms with Crippen LogP contribution in [0.25, 0.3) is 0 Å². The van der Waals surface area contributed by atoms with Crippen LogP contribution in [0.5, 0.6) is 5.75 Å². The third kappa shape index (κ3) is 5.21. The molecule has 0 atom stereocenters. The highest BCUT2D eigenvalue weighted by molar-refractivity contribution is 7.89. The molecule has 0 unspecified atom stereocenters. The molecule has 2 aromatic rings. The molecule has 0 bridgehead atoms. The summed E-state index contributed by atoms with van der Waals surface area (Å²) < 4.78 is 33.0. The van der Waals surface area contributed by atoms with Crippen molar-refractivity contribution in [2.75, 3.05) is 25.5 Å². The van der Waals surface area contributed by atoms with E-state index < -0.39 is 10.0 Å². The Bertz CT molecular complexity index is 1010. The van der Waals surface area contributed by atoms with E-state index in [-0.39, 0.29) is 16.6 Å². The largest absolute Gasteiger partial charge is 0.495 e. The van der Waals surface area contributed by atoms with Gasteiger partial charge < -0.3 is 10.1 Å². The fourth-order valence-corrected chi connectivity index (χ4v) is 5.50. The molecule has 1 aliphatic rings. The molecule has 0 radical (unpaired) electrons. The van der Waals surface area contributed by atoms with E-state index in [4.69, 9.17) is 4.74 Å². The molecule has 7 heteroatoms. The molecule has 0 saturated carbocycles. The van der Waals surface area contributed by atoms with Crippen molar-refractivity contribution in [2.24, 2.45) is 0 Å². The van der Waals surface area contributed by atoms with Gasteiger partial charge in [0.1, 0.15) is 10.6 Å². The molecule has 1 aliphatic heterocycles. The first-order valence-corrected chi connectivity index (χ1v) is 11.8. The van der Waals surface area contributed by atoms with Gasteiger partial charge in [-0.05, 0) is 62.4 Å². The number of ether oxygens (including phenoxy) is 1. The van der Waals surface area contributed by atoms with Gasteiger partial charge in [0.15, 0.2) is 0 Å². The quantitative estimate of drug-likeness (QED) is 0.719. The maximum atomic E-state index is 13.1. The van der Waals surface area contributed by atoms with Crippen LogP contribution >= 0.6 is 0 Å². The van der Waals surface area contributed by atoms with Gasteiger partial charge in [0.05, 0.1) is 7.11 Å². The number of nitrogens with one attached hydrogen (secondary N) is 1. The summed E-state index contributed by atoms with van der Waals surface area (Å²) in [6.07, 6.45) is 3.71. The maximum absolute atomic E-state index is 13.1. The van der Waals surface area contributed by atoms with Crippen molar-refractivity contribution < 1.29 is 17.9 Å². The normalized spacial score (nSPS) is 15.0. The minimum atomic E-state index is -3.67. The number of methoxy groups -OCH3 is 1. The Morgan fingerprint density at radius 3 is 2.47 bits per heavy atom. The number of nitrogens with zero attached hydrogens (tertiary/aromatic N) is 1. The molecule has 3 rings (SSSR count). The molecule has 0 aliphatic carbocycles. The summed E-state index contributed by atoms with van der Waals surface area (Å²) in [5.41, 5.74) is 3.96. The SMILES string of the molecule is COc1ccc(NC(=O)CCc2ccc(C)cc2C)cc1S(=O)(=O)N1CCCCC1. The average molecular weight is 431 g/mol. The topological polar surface area (TPSA) is 75.7 Å². The van der Waals surface area contributed by atoms with Crippen molar-refractivity contribution in [3.8, 4) is 5.75 Å². The molecule has 1 heterocycles. The van der Waals surface area contributed by atoms with Gasteiger partial charge in [0.2, 0.25) is 15.9 Å². The van der Waals surface area contributed by atoms with E-state index in [1.54, 1.807) is 12.1 Å². The number of anilines is 1. The van der Waals surface area contributed by atoms with Crippen LogP contribution < -0.4 is 10.1 Å². The van der Waals surface area contributed by atoms with E-state index in [2.05, 4.69) is 17.4 Å². The zero-order valence-corrected chi connectivity index (χ0v) is 18.7. The summed E-state index contributed by atoms with van der Waals surface area (Å²) in [5.74, 6) is 0.135. The second-order valence-electron chi connectivity index (χ2n) is 7.81. The first kappa shape index (κ1) is 22.3. The van der Waals surface area contributed by atoms with Gasteiger partial charge in [-0.25, -0.2) is 8.42 Å². The number of carbonyl (C=O) groups excluding carboxylic acids is 1. The minimum Gasteiger partial charge on any atom is -0.495 e. The molecule has 1 fully saturated rings. The minimum absolute atomic E-state index is 0.0964. The van der Waals surface area contributed by atoms with Crippen LogP contribution in [-0.4, -0.2) is 38.8 Å². The summed E-state index contributed by atoms with van der Waals surface area (Å²) in [6.45, 7) is 5.11. The van der Waals surface area contributed by atoms with Gasteiger partial charge >= 0.3 is 0 Å². The lowest BCUT2D eigenvalue weighted by atomic mass is 10.0. The number of hydrogen-bond donors (Lipinski definition) is 1. The first-order chi connectivity index (χ1) is 14.3. The average Bonchev–Trinajstić information content (AvgIpc) is 2.73. The zero-order chi connectivity index (χ0) is 21.7. The summed E-state index contributed by atoms with van der Waals surface area (Å²) in [5, 5.41) is 2.83. The summed E-state index contributed by atoms with van der Waals surface area (Å²) in [4.78, 5) is 12.6. The fourth-order valence-electron chi connectivity index (χ4n) is 3.80. The third-order valence-corrected chi connectivity index (χ3v) is 7.42. The van der Waals surface area contributed by atoms with E-state index in [0.717, 1.165) is 24.8 Å². The first-order valence-electron chi connectivity index (χ1n) is 10.4. The van der Waals surface area contributed by atoms with Crippen LogP contribution in [0.3, 0.4) is 0 Å². The molecule has 0 spiro atoms. The standard InChI is InChI=1S/C23H30N2O4S/c1-17-7-8-19(18(2)15-17)9-12-23(26)24-20-10-11-21(29-3)22(16-20)30(27,28)25-13-5-4-6-14-25/h7-8,10-11,15-16H,4-6,9,12-14H2,1-3H3,(H,24,26). The van der Waals surface area contributed by atoms with Crippen LogP contribution in [-0.2, 0) is 21.2 Å². The van der Waals surface area contributed by atoms with E-state index in [0.29, 0.717) is 31.6 Å². The van der Waals surface area contributed by atoms with Gasteiger partial charge in [-0.2, -0.15) is 4.31 Å². The number of piperidine rings is 1. The highest BCUT2D eigenvalue weighted by Crippen LogP contribution is 2.31. The van der Waals surface area contributed by atoms with Gasteiger partial charge in [-0.3, -0.25) is 4.79 Å². The molecule has 162 valence electrons. The van der Waals surface area contributed by atoms with Crippen LogP contribution in [0, 0.1) is 13.8 Å². The van der Waals surface area contributed by atoms with Gasteiger partial charge in [0, 0.05) is 25.2 Å². The lowest BCUT2D eigenvalue weighted by Gasteiger charge is -2.26. The number of amides is 1. The lowest BCUT2D eigenvalue weighted by Crippen LogP contribution is -2.35. The summed E-state index contributed by atoms with van der Waals surface area (Å²) in [6, 6.07) is 11.0. The summed E-state index contributed by atoms with van der Waals surface area (Å²) >= 11 is 0. The van der Waals surface area contributed by atoms with Gasteiger partial charge in [-0.1, -0.05) is 30.2 Å². The van der Waals surface area contributed by atoms with E-state index in [9.17, 15) is 13.2 Å². The van der Waals surface area contributed by atoms with Crippen molar-refractivity contribution in [1.29, 1.82) is 0 Å². The Balaban J connectivity index is 1.73. The molecule has 6 nitrogen and oxygen atoms in total. The Morgan fingerprint density at radius 1 is 1.07 bits per heavy atom. The van der Waals surface area contributed by atoms with E-state index in [1.165, 1.54) is 28.6 Å². The van der Waals surface area contributed by atoms with Crippen LogP contribution in [0.2, 0.25) is 0 Å². The fraction of sp³-hybridized carbons (Fsp3) is 0.435. The zero-order valence-electron chi connectivity index (χ0n) is 17.9. The Morgan fingerprint density at radius 2 is 1.80 bits per heavy atom. The van der Waals surface area contributed by atoms with Crippen molar-refractivity contribution in [3.63, 3.8) is 0 Å². The van der Waals surface area contributed by atoms with Crippen LogP contribution in [0.4, 0.5) is 5.69 Å². The van der Waals surface area contributed by atoms with Crippen LogP contribution in [0.1, 0.15) is 42.4 Å². The van der Waals surface area contributed by atoms with Gasteiger partial charge in [0.25, 0.3) is 0 Å². The molecule has 1 saturated heterocycles. The smallest absolute Gasteiger partial charge is 0.246 e. The molecule has 2 aromatic carbocycles. The number of sulfonamides is 1. The van der Waals surface area contributed by atoms with Crippen molar-refractivity contribution in [2.45, 2.75) is 50.8 Å². The summed E-state index contributed by atoms with van der Waals surface area (Å²) in [7, 11) is -2.22. The maximum Gasteiger partial charge on any atom is 0.246 e. The molecular weight excluding hydrogens is 400 g/mol. The highest BCUT2D eigenvalue weighted by Gasteiger charge is 2.29. The number of hydrogen-bond acceptors (Lipinski definition) is 4. The van der Waals surface area contributed by atoms with Gasteiger partial charge in [-0.15, -0.1) is 0 Å². The molecule has 30 heavy (non-hydrogen) atoms. The van der Waals surface area contributed by atoms with E-state index >= 15 is 0 Å². The molecule has 1 amide bonds. The number of aryl methyl sites for hydroxylation is 3. The molecule has 1 N–H and O–H groups in total. The lowest BCUT2D eigenvalue weighted by molar-refractivity contribution is -0.116. The second-order valence-corrected chi connectivity index (χ2v) is 9.71. The predicted octanol–water partition coefficient (Wildman–Crippen LogP) is 4.06. The number of carbonyl (C=O) groups is 1. The third-order valence-electron chi connectivity index (χ3n) is 5.50. The predicted molar refractivity (Wildman–Crippen MR) is 118 cm³/mol. The second kappa shape index (κ2) is 9.62. The molecule has 0 aromatic heterocycles. The van der Waals surface area contributed by atoms with Crippen molar-refractivity contribution >= 4 is 21.6 Å². The number of rotatable bonds is 7. The van der Waals surface area contributed by atoms with E-state index in [1.807, 2.05) is 19.9 Å². The highest BCUT2D eigenvalue weighted by atomic mass is 32.2.